The van der Waals surface area contributed by atoms with Gasteiger partial charge in [0, 0.05) is 12.3 Å². The quantitative estimate of drug-likeness (QED) is 0.518. The normalized spacial score (nSPS) is 10.2. The highest BCUT2D eigenvalue weighted by molar-refractivity contribution is 9.10. The van der Waals surface area contributed by atoms with Crippen LogP contribution in [0.5, 0.6) is 0 Å². The molecule has 0 saturated heterocycles. The number of nitro groups is 1. The van der Waals surface area contributed by atoms with Gasteiger partial charge in [-0.2, -0.15) is 0 Å². The maximum atomic E-state index is 13.6. The van der Waals surface area contributed by atoms with E-state index in [1.165, 1.54) is 18.3 Å². The third-order valence-electron chi connectivity index (χ3n) is 2.50. The lowest BCUT2D eigenvalue weighted by Crippen LogP contribution is -2.15. The maximum absolute atomic E-state index is 13.6. The fourth-order valence-corrected chi connectivity index (χ4v) is 1.74. The van der Waals surface area contributed by atoms with Crippen LogP contribution in [0, 0.1) is 21.7 Å². The van der Waals surface area contributed by atoms with Gasteiger partial charge in [-0.25, -0.2) is 13.8 Å². The first kappa shape index (κ1) is 15.0. The summed E-state index contributed by atoms with van der Waals surface area (Å²) in [6, 6.07) is 4.22. The first-order valence-corrected chi connectivity index (χ1v) is 6.24. The summed E-state index contributed by atoms with van der Waals surface area (Å²) in [6.45, 7) is 0. The summed E-state index contributed by atoms with van der Waals surface area (Å²) in [6.07, 6.45) is 1.18. The van der Waals surface area contributed by atoms with Crippen LogP contribution in [0.4, 0.5) is 20.2 Å². The molecule has 0 aliphatic carbocycles. The van der Waals surface area contributed by atoms with Gasteiger partial charge in [0.25, 0.3) is 11.6 Å². The lowest BCUT2D eigenvalue weighted by Gasteiger charge is -2.07. The molecule has 1 aromatic heterocycles. The van der Waals surface area contributed by atoms with Crippen molar-refractivity contribution in [2.45, 2.75) is 0 Å². The van der Waals surface area contributed by atoms with Crippen LogP contribution >= 0.6 is 15.9 Å². The molecule has 108 valence electrons. The fraction of sp³-hybridized carbons (Fsp3) is 0. The van der Waals surface area contributed by atoms with Crippen LogP contribution in [-0.2, 0) is 0 Å². The molecule has 9 heteroatoms. The summed E-state index contributed by atoms with van der Waals surface area (Å²) in [5.74, 6) is -3.64. The molecule has 21 heavy (non-hydrogen) atoms. The number of nitrogens with one attached hydrogen (secondary N) is 1. The Kier molecular flexibility index (Phi) is 4.22. The van der Waals surface area contributed by atoms with Gasteiger partial charge in [0.05, 0.1) is 10.5 Å². The third kappa shape index (κ3) is 3.19. The molecule has 2 aromatic rings. The standard InChI is InChI=1S/C12H6BrF2N3O3/c13-9-4-1-6(5-16-9)12(19)17-11-8(18(20)21)3-2-7(14)10(11)15/h1-5H,(H,17,19). The van der Waals surface area contributed by atoms with E-state index in [4.69, 9.17) is 0 Å². The van der Waals surface area contributed by atoms with Gasteiger partial charge in [-0.15, -0.1) is 0 Å². The van der Waals surface area contributed by atoms with E-state index in [0.29, 0.717) is 10.7 Å². The Morgan fingerprint density at radius 1 is 1.29 bits per heavy atom. The van der Waals surface area contributed by atoms with Crippen molar-refractivity contribution in [3.05, 3.63) is 62.4 Å². The Morgan fingerprint density at radius 3 is 2.57 bits per heavy atom. The number of carbonyl (C=O) groups excluding carboxylic acids is 1. The Bertz CT molecular complexity index is 722. The molecule has 1 amide bonds. The van der Waals surface area contributed by atoms with Crippen LogP contribution in [0.15, 0.2) is 35.1 Å². The first-order chi connectivity index (χ1) is 9.90. The summed E-state index contributed by atoms with van der Waals surface area (Å²) in [5.41, 5.74) is -1.53. The van der Waals surface area contributed by atoms with E-state index < -0.39 is 33.8 Å². The molecule has 0 radical (unpaired) electrons. The number of anilines is 1. The summed E-state index contributed by atoms with van der Waals surface area (Å²) in [5, 5.41) is 12.8. The predicted molar refractivity (Wildman–Crippen MR) is 72.9 cm³/mol. The number of hydrogen-bond acceptors (Lipinski definition) is 4. The zero-order valence-corrected chi connectivity index (χ0v) is 11.7. The van der Waals surface area contributed by atoms with E-state index in [9.17, 15) is 23.7 Å². The van der Waals surface area contributed by atoms with Crippen molar-refractivity contribution < 1.29 is 18.5 Å². The monoisotopic (exact) mass is 357 g/mol. The van der Waals surface area contributed by atoms with Crippen molar-refractivity contribution in [3.63, 3.8) is 0 Å². The highest BCUT2D eigenvalue weighted by Crippen LogP contribution is 2.29. The van der Waals surface area contributed by atoms with Crippen molar-refractivity contribution in [1.29, 1.82) is 0 Å². The van der Waals surface area contributed by atoms with Crippen LogP contribution in [-0.4, -0.2) is 15.8 Å². The average Bonchev–Trinajstić information content (AvgIpc) is 2.44. The molecule has 0 unspecified atom stereocenters. The van der Waals surface area contributed by atoms with Gasteiger partial charge in [0.1, 0.15) is 4.60 Å². The topological polar surface area (TPSA) is 85.1 Å². The van der Waals surface area contributed by atoms with Crippen LogP contribution in [0.3, 0.4) is 0 Å². The number of hydrogen-bond donors (Lipinski definition) is 1. The molecule has 0 aliphatic rings. The minimum atomic E-state index is -1.50. The molecule has 1 heterocycles. The minimum Gasteiger partial charge on any atom is -0.314 e. The second-order valence-corrected chi connectivity index (χ2v) is 4.65. The average molecular weight is 358 g/mol. The molecule has 0 bridgehead atoms. The number of carbonyl (C=O) groups is 1. The molecule has 1 N–H and O–H groups in total. The van der Waals surface area contributed by atoms with Crippen LogP contribution in [0.25, 0.3) is 0 Å². The zero-order valence-electron chi connectivity index (χ0n) is 10.1. The van der Waals surface area contributed by atoms with E-state index in [0.717, 1.165) is 6.07 Å². The number of benzene rings is 1. The van der Waals surface area contributed by atoms with Crippen molar-refractivity contribution in [1.82, 2.24) is 4.98 Å². The van der Waals surface area contributed by atoms with Crippen LogP contribution in [0.1, 0.15) is 10.4 Å². The van der Waals surface area contributed by atoms with E-state index in [-0.39, 0.29) is 5.56 Å². The highest BCUT2D eigenvalue weighted by atomic mass is 79.9. The number of rotatable bonds is 3. The summed E-state index contributed by atoms with van der Waals surface area (Å²) >= 11 is 3.07. The van der Waals surface area contributed by atoms with Crippen molar-refractivity contribution in [2.75, 3.05) is 5.32 Å². The highest BCUT2D eigenvalue weighted by Gasteiger charge is 2.23. The van der Waals surface area contributed by atoms with Gasteiger partial charge in [0.2, 0.25) is 0 Å². The molecule has 1 aromatic carbocycles. The van der Waals surface area contributed by atoms with Crippen molar-refractivity contribution >= 4 is 33.2 Å². The largest absolute Gasteiger partial charge is 0.314 e. The van der Waals surface area contributed by atoms with Gasteiger partial charge in [0.15, 0.2) is 17.3 Å². The number of aromatic nitrogens is 1. The number of pyridine rings is 1. The van der Waals surface area contributed by atoms with Gasteiger partial charge in [-0.1, -0.05) is 0 Å². The number of amides is 1. The van der Waals surface area contributed by atoms with E-state index in [2.05, 4.69) is 20.9 Å². The molecular formula is C12H6BrF2N3O3. The lowest BCUT2D eigenvalue weighted by molar-refractivity contribution is -0.384. The Balaban J connectivity index is 2.38. The van der Waals surface area contributed by atoms with Crippen LogP contribution < -0.4 is 5.32 Å². The number of halogens is 3. The maximum Gasteiger partial charge on any atom is 0.296 e. The fourth-order valence-electron chi connectivity index (χ4n) is 1.51. The predicted octanol–water partition coefficient (Wildman–Crippen LogP) is 3.28. The molecule has 0 atom stereocenters. The molecule has 6 nitrogen and oxygen atoms in total. The Hall–Kier alpha value is -2.42. The molecular weight excluding hydrogens is 352 g/mol. The smallest absolute Gasteiger partial charge is 0.296 e. The van der Waals surface area contributed by atoms with Crippen molar-refractivity contribution in [3.8, 4) is 0 Å². The minimum absolute atomic E-state index is 0.0381. The number of nitro benzene ring substituents is 1. The summed E-state index contributed by atoms with van der Waals surface area (Å²) in [4.78, 5) is 25.6. The lowest BCUT2D eigenvalue weighted by atomic mass is 10.2. The van der Waals surface area contributed by atoms with E-state index in [1.807, 2.05) is 5.32 Å². The molecule has 0 aliphatic heterocycles. The third-order valence-corrected chi connectivity index (χ3v) is 2.97. The van der Waals surface area contributed by atoms with Gasteiger partial charge >= 0.3 is 0 Å². The Labute approximate surface area is 125 Å². The second-order valence-electron chi connectivity index (χ2n) is 3.84. The zero-order chi connectivity index (χ0) is 15.6. The van der Waals surface area contributed by atoms with E-state index >= 15 is 0 Å². The van der Waals surface area contributed by atoms with Gasteiger partial charge in [-0.3, -0.25) is 14.9 Å². The van der Waals surface area contributed by atoms with E-state index in [1.54, 1.807) is 0 Å². The molecule has 2 rings (SSSR count). The molecule has 0 fully saturated rings. The molecule has 0 saturated carbocycles. The molecule has 0 spiro atoms. The van der Waals surface area contributed by atoms with Crippen molar-refractivity contribution in [2.24, 2.45) is 0 Å². The second kappa shape index (κ2) is 5.92. The van der Waals surface area contributed by atoms with Gasteiger partial charge < -0.3 is 5.32 Å². The summed E-state index contributed by atoms with van der Waals surface area (Å²) in [7, 11) is 0. The Morgan fingerprint density at radius 2 is 2.00 bits per heavy atom. The first-order valence-electron chi connectivity index (χ1n) is 5.45. The SMILES string of the molecule is O=C(Nc1c([N+](=O)[O-])ccc(F)c1F)c1ccc(Br)nc1. The number of nitrogens with zero attached hydrogens (tertiary/aromatic N) is 2. The summed E-state index contributed by atoms with van der Waals surface area (Å²) < 4.78 is 27.3. The van der Waals surface area contributed by atoms with Crippen LogP contribution in [0.2, 0.25) is 0 Å². The van der Waals surface area contributed by atoms with Gasteiger partial charge in [-0.05, 0) is 34.1 Å².